The fraction of sp³-hybridized carbons (Fsp3) is 0.400. The summed E-state index contributed by atoms with van der Waals surface area (Å²) in [5.41, 5.74) is 0.623. The fourth-order valence-corrected chi connectivity index (χ4v) is 1.84. The molecular formula is C15H18ClNO. The van der Waals surface area contributed by atoms with Gasteiger partial charge in [-0.15, -0.1) is 11.6 Å². The number of benzene rings is 1. The van der Waals surface area contributed by atoms with Crippen LogP contribution in [0.4, 0.5) is 0 Å². The third-order valence-corrected chi connectivity index (χ3v) is 3.39. The van der Waals surface area contributed by atoms with Crippen molar-refractivity contribution in [3.05, 3.63) is 36.0 Å². The Balaban J connectivity index is 2.53. The van der Waals surface area contributed by atoms with Gasteiger partial charge in [-0.05, 0) is 37.8 Å². The maximum absolute atomic E-state index is 6.04. The van der Waals surface area contributed by atoms with Gasteiger partial charge in [0, 0.05) is 5.39 Å². The summed E-state index contributed by atoms with van der Waals surface area (Å²) in [6, 6.07) is 10.1. The summed E-state index contributed by atoms with van der Waals surface area (Å²) in [5, 5.41) is 2.15. The van der Waals surface area contributed by atoms with Crippen LogP contribution in [0, 0.1) is 0 Å². The molecule has 0 fully saturated rings. The van der Waals surface area contributed by atoms with Crippen molar-refractivity contribution in [2.45, 2.75) is 38.7 Å². The lowest BCUT2D eigenvalue weighted by Crippen LogP contribution is -2.27. The van der Waals surface area contributed by atoms with Gasteiger partial charge < -0.3 is 4.74 Å². The van der Waals surface area contributed by atoms with Crippen molar-refractivity contribution in [3.63, 3.8) is 0 Å². The van der Waals surface area contributed by atoms with E-state index in [0.717, 1.165) is 22.9 Å². The molecule has 1 aromatic heterocycles. The van der Waals surface area contributed by atoms with Gasteiger partial charge in [0.1, 0.15) is 5.60 Å². The number of fused-ring (bicyclic) bond motifs is 1. The van der Waals surface area contributed by atoms with Crippen LogP contribution in [0.5, 0.6) is 5.88 Å². The largest absolute Gasteiger partial charge is 0.471 e. The van der Waals surface area contributed by atoms with Crippen LogP contribution in [-0.2, 0) is 5.88 Å². The average Bonchev–Trinajstić information content (AvgIpc) is 2.38. The minimum Gasteiger partial charge on any atom is -0.471 e. The summed E-state index contributed by atoms with van der Waals surface area (Å²) in [4.78, 5) is 4.50. The van der Waals surface area contributed by atoms with Crippen LogP contribution in [0.1, 0.15) is 32.9 Å². The highest BCUT2D eigenvalue weighted by atomic mass is 35.5. The Kier molecular flexibility index (Phi) is 3.76. The zero-order chi connectivity index (χ0) is 13.2. The number of ether oxygens (including phenoxy) is 1. The van der Waals surface area contributed by atoms with Crippen LogP contribution in [0.3, 0.4) is 0 Å². The quantitative estimate of drug-likeness (QED) is 0.756. The standard InChI is InChI=1S/C15H18ClNO/c1-4-15(2,3)18-14-13-8-6-5-7-11(13)9-12(10-16)17-14/h5-9H,4,10H2,1-3H3. The SMILES string of the molecule is CCC(C)(C)Oc1nc(CCl)cc2ccccc12. The van der Waals surface area contributed by atoms with E-state index in [-0.39, 0.29) is 5.60 Å². The van der Waals surface area contributed by atoms with E-state index in [1.165, 1.54) is 0 Å². The third-order valence-electron chi connectivity index (χ3n) is 3.12. The highest BCUT2D eigenvalue weighted by Crippen LogP contribution is 2.28. The lowest BCUT2D eigenvalue weighted by atomic mass is 10.1. The van der Waals surface area contributed by atoms with Gasteiger partial charge in [0.05, 0.1) is 11.6 Å². The van der Waals surface area contributed by atoms with Crippen LogP contribution in [0.15, 0.2) is 30.3 Å². The Hall–Kier alpha value is -1.28. The van der Waals surface area contributed by atoms with E-state index in [1.54, 1.807) is 0 Å². The predicted octanol–water partition coefficient (Wildman–Crippen LogP) is 4.54. The first-order chi connectivity index (χ1) is 8.55. The second-order valence-electron chi connectivity index (χ2n) is 4.99. The minimum atomic E-state index is -0.222. The van der Waals surface area contributed by atoms with Gasteiger partial charge in [-0.25, -0.2) is 4.98 Å². The van der Waals surface area contributed by atoms with Crippen molar-refractivity contribution in [3.8, 4) is 5.88 Å². The van der Waals surface area contributed by atoms with Crippen molar-refractivity contribution in [1.29, 1.82) is 0 Å². The molecule has 0 saturated heterocycles. The van der Waals surface area contributed by atoms with Gasteiger partial charge >= 0.3 is 0 Å². The smallest absolute Gasteiger partial charge is 0.222 e. The number of rotatable bonds is 4. The fourth-order valence-electron chi connectivity index (χ4n) is 1.70. The van der Waals surface area contributed by atoms with E-state index in [0.29, 0.717) is 11.8 Å². The monoisotopic (exact) mass is 263 g/mol. The molecule has 3 heteroatoms. The molecule has 18 heavy (non-hydrogen) atoms. The number of aromatic nitrogens is 1. The normalized spacial score (nSPS) is 11.8. The van der Waals surface area contributed by atoms with E-state index >= 15 is 0 Å². The molecule has 0 bridgehead atoms. The minimum absolute atomic E-state index is 0.222. The number of alkyl halides is 1. The van der Waals surface area contributed by atoms with Gasteiger partial charge in [-0.1, -0.05) is 25.1 Å². The van der Waals surface area contributed by atoms with Crippen LogP contribution in [-0.4, -0.2) is 10.6 Å². The van der Waals surface area contributed by atoms with Crippen molar-refractivity contribution >= 4 is 22.4 Å². The maximum atomic E-state index is 6.04. The van der Waals surface area contributed by atoms with Crippen LogP contribution in [0.25, 0.3) is 10.8 Å². The molecule has 0 unspecified atom stereocenters. The molecule has 0 radical (unpaired) electrons. The second kappa shape index (κ2) is 5.15. The predicted molar refractivity (Wildman–Crippen MR) is 76.3 cm³/mol. The summed E-state index contributed by atoms with van der Waals surface area (Å²) in [6.45, 7) is 6.24. The molecule has 0 aliphatic rings. The van der Waals surface area contributed by atoms with E-state index in [4.69, 9.17) is 16.3 Å². The first-order valence-corrected chi connectivity index (χ1v) is 6.73. The molecule has 1 heterocycles. The summed E-state index contributed by atoms with van der Waals surface area (Å²) >= 11 is 5.89. The molecule has 0 saturated carbocycles. The second-order valence-corrected chi connectivity index (χ2v) is 5.26. The van der Waals surface area contributed by atoms with Crippen LogP contribution >= 0.6 is 11.6 Å². The van der Waals surface area contributed by atoms with Crippen LogP contribution in [0.2, 0.25) is 0 Å². The molecule has 0 aliphatic carbocycles. The summed E-state index contributed by atoms with van der Waals surface area (Å²) in [7, 11) is 0. The molecular weight excluding hydrogens is 246 g/mol. The first kappa shape index (κ1) is 13.2. The van der Waals surface area contributed by atoms with Crippen molar-refractivity contribution in [1.82, 2.24) is 4.98 Å². The zero-order valence-corrected chi connectivity index (χ0v) is 11.8. The van der Waals surface area contributed by atoms with Gasteiger partial charge in [-0.3, -0.25) is 0 Å². The molecule has 96 valence electrons. The molecule has 0 amide bonds. The molecule has 2 nitrogen and oxygen atoms in total. The van der Waals surface area contributed by atoms with E-state index in [9.17, 15) is 0 Å². The Morgan fingerprint density at radius 2 is 2.00 bits per heavy atom. The van der Waals surface area contributed by atoms with Crippen molar-refractivity contribution in [2.24, 2.45) is 0 Å². The highest BCUT2D eigenvalue weighted by molar-refractivity contribution is 6.17. The molecule has 0 aliphatic heterocycles. The lowest BCUT2D eigenvalue weighted by molar-refractivity contribution is 0.101. The molecule has 0 N–H and O–H groups in total. The third kappa shape index (κ3) is 2.75. The first-order valence-electron chi connectivity index (χ1n) is 6.19. The Morgan fingerprint density at radius 1 is 1.28 bits per heavy atom. The Morgan fingerprint density at radius 3 is 2.67 bits per heavy atom. The number of halogens is 1. The summed E-state index contributed by atoms with van der Waals surface area (Å²) in [6.07, 6.45) is 0.925. The average molecular weight is 264 g/mol. The zero-order valence-electron chi connectivity index (χ0n) is 11.0. The molecule has 2 aromatic rings. The summed E-state index contributed by atoms with van der Waals surface area (Å²) in [5.74, 6) is 1.07. The van der Waals surface area contributed by atoms with E-state index < -0.39 is 0 Å². The van der Waals surface area contributed by atoms with Crippen LogP contribution < -0.4 is 4.74 Å². The molecule has 0 spiro atoms. The molecule has 2 rings (SSSR count). The van der Waals surface area contributed by atoms with Gasteiger partial charge in [0.25, 0.3) is 0 Å². The highest BCUT2D eigenvalue weighted by Gasteiger charge is 2.19. The number of hydrogen-bond donors (Lipinski definition) is 0. The summed E-state index contributed by atoms with van der Waals surface area (Å²) < 4.78 is 6.04. The molecule has 1 aromatic carbocycles. The Bertz CT molecular complexity index is 551. The number of pyridine rings is 1. The maximum Gasteiger partial charge on any atom is 0.222 e. The van der Waals surface area contributed by atoms with Crippen molar-refractivity contribution in [2.75, 3.05) is 0 Å². The Labute approximate surface area is 113 Å². The van der Waals surface area contributed by atoms with Crippen molar-refractivity contribution < 1.29 is 4.74 Å². The van der Waals surface area contributed by atoms with Gasteiger partial charge in [0.15, 0.2) is 0 Å². The number of hydrogen-bond acceptors (Lipinski definition) is 2. The topological polar surface area (TPSA) is 22.1 Å². The van der Waals surface area contributed by atoms with E-state index in [1.807, 2.05) is 24.3 Å². The van der Waals surface area contributed by atoms with E-state index in [2.05, 4.69) is 31.8 Å². The molecule has 0 atom stereocenters. The number of nitrogens with zero attached hydrogens (tertiary/aromatic N) is 1. The van der Waals surface area contributed by atoms with Gasteiger partial charge in [0.2, 0.25) is 5.88 Å². The van der Waals surface area contributed by atoms with Gasteiger partial charge in [-0.2, -0.15) is 0 Å². The lowest BCUT2D eigenvalue weighted by Gasteiger charge is -2.25.